The van der Waals surface area contributed by atoms with Crippen molar-refractivity contribution >= 4 is 45.6 Å². The third kappa shape index (κ3) is 26.4. The fraction of sp³-hybridized carbons (Fsp3) is 0.952. The van der Waals surface area contributed by atoms with Gasteiger partial charge in [0.25, 0.3) is 10.1 Å². The molecule has 28 heavy (non-hydrogen) atoms. The number of nitrogens with one attached hydrogen (secondary N) is 1. The van der Waals surface area contributed by atoms with Crippen LogP contribution in [0.5, 0.6) is 0 Å². The van der Waals surface area contributed by atoms with E-state index in [0.29, 0.717) is 13.0 Å². The van der Waals surface area contributed by atoms with Gasteiger partial charge in [0.1, 0.15) is 0 Å². The summed E-state index contributed by atoms with van der Waals surface area (Å²) in [6.45, 7) is 2.56. The number of carbonyl (C=O) groups excluding carboxylic acids is 1. The Morgan fingerprint density at radius 3 is 1.50 bits per heavy atom. The number of rotatable bonds is 20. The average molecular weight is 430 g/mol. The summed E-state index contributed by atoms with van der Waals surface area (Å²) < 4.78 is 29.7. The number of hydrogen-bond acceptors (Lipinski definition) is 3. The minimum absolute atomic E-state index is 0. The van der Waals surface area contributed by atoms with E-state index >= 15 is 0 Å². The van der Waals surface area contributed by atoms with E-state index in [4.69, 9.17) is 4.55 Å². The van der Waals surface area contributed by atoms with E-state index < -0.39 is 10.1 Å². The van der Waals surface area contributed by atoms with Crippen LogP contribution in [0.3, 0.4) is 0 Å². The molecule has 5 nitrogen and oxygen atoms in total. The molecule has 0 aromatic carbocycles. The molecular formula is C21H44NNaO4S. The van der Waals surface area contributed by atoms with Gasteiger partial charge >= 0.3 is 29.6 Å². The summed E-state index contributed by atoms with van der Waals surface area (Å²) >= 11 is 0. The summed E-state index contributed by atoms with van der Waals surface area (Å²) in [4.78, 5) is 11.6. The van der Waals surface area contributed by atoms with Crippen LogP contribution in [0.25, 0.3) is 0 Å². The Morgan fingerprint density at radius 1 is 0.714 bits per heavy atom. The van der Waals surface area contributed by atoms with Crippen LogP contribution in [0, 0.1) is 0 Å². The quantitative estimate of drug-likeness (QED) is 0.162. The van der Waals surface area contributed by atoms with Gasteiger partial charge in [0.2, 0.25) is 5.91 Å². The number of hydrogen-bond donors (Lipinski definition) is 2. The molecule has 0 saturated carbocycles. The molecule has 0 radical (unpaired) electrons. The van der Waals surface area contributed by atoms with E-state index in [-0.39, 0.29) is 47.6 Å². The van der Waals surface area contributed by atoms with Gasteiger partial charge in [-0.2, -0.15) is 8.42 Å². The molecule has 0 aliphatic heterocycles. The van der Waals surface area contributed by atoms with Gasteiger partial charge in [-0.3, -0.25) is 9.35 Å². The van der Waals surface area contributed by atoms with Gasteiger partial charge in [0.15, 0.2) is 0 Å². The van der Waals surface area contributed by atoms with Crippen molar-refractivity contribution in [3.05, 3.63) is 0 Å². The van der Waals surface area contributed by atoms with Crippen molar-refractivity contribution in [1.29, 1.82) is 0 Å². The number of amides is 1. The van der Waals surface area contributed by atoms with Crippen molar-refractivity contribution in [1.82, 2.24) is 5.32 Å². The number of carbonyl (C=O) groups is 1. The first kappa shape index (κ1) is 30.6. The molecule has 2 N–H and O–H groups in total. The molecule has 0 aromatic heterocycles. The second-order valence-corrected chi connectivity index (χ2v) is 9.26. The van der Waals surface area contributed by atoms with Crippen molar-refractivity contribution in [3.8, 4) is 0 Å². The Hall–Kier alpha value is 0.380. The summed E-state index contributed by atoms with van der Waals surface area (Å²) in [5, 5.41) is 2.69. The van der Waals surface area contributed by atoms with Crippen LogP contribution >= 0.6 is 0 Å². The molecule has 0 saturated heterocycles. The van der Waals surface area contributed by atoms with Gasteiger partial charge in [0.05, 0.1) is 5.75 Å². The molecule has 0 unspecified atom stereocenters. The Morgan fingerprint density at radius 2 is 1.11 bits per heavy atom. The zero-order chi connectivity index (χ0) is 20.2. The molecule has 0 bridgehead atoms. The van der Waals surface area contributed by atoms with Crippen molar-refractivity contribution < 1.29 is 17.8 Å². The molecule has 0 aromatic rings. The number of unbranched alkanes of at least 4 members (excludes halogenated alkanes) is 14. The fourth-order valence-corrected chi connectivity index (χ4v) is 3.74. The van der Waals surface area contributed by atoms with Crippen LogP contribution in [0.4, 0.5) is 0 Å². The van der Waals surface area contributed by atoms with Gasteiger partial charge in [-0.1, -0.05) is 96.8 Å². The van der Waals surface area contributed by atoms with Crippen LogP contribution in [-0.4, -0.2) is 60.7 Å². The molecular weight excluding hydrogens is 385 g/mol. The third-order valence-corrected chi connectivity index (χ3v) is 5.71. The second-order valence-electron chi connectivity index (χ2n) is 7.69. The van der Waals surface area contributed by atoms with Crippen LogP contribution in [-0.2, 0) is 14.9 Å². The predicted octanol–water partition coefficient (Wildman–Crippen LogP) is 4.99. The van der Waals surface area contributed by atoms with Gasteiger partial charge in [-0.15, -0.1) is 0 Å². The van der Waals surface area contributed by atoms with E-state index in [2.05, 4.69) is 12.2 Å². The Balaban J connectivity index is 0. The average Bonchev–Trinajstić information content (AvgIpc) is 2.61. The Kier molecular flexibility index (Phi) is 24.1. The van der Waals surface area contributed by atoms with Crippen molar-refractivity contribution in [2.75, 3.05) is 12.3 Å². The first-order valence-electron chi connectivity index (χ1n) is 11.2. The summed E-state index contributed by atoms with van der Waals surface area (Å²) in [6, 6.07) is 0. The minimum atomic E-state index is -3.92. The Bertz CT molecular complexity index is 444. The normalized spacial score (nSPS) is 11.2. The van der Waals surface area contributed by atoms with Gasteiger partial charge in [-0.25, -0.2) is 0 Å². The van der Waals surface area contributed by atoms with Gasteiger partial charge in [-0.05, 0) is 12.8 Å². The van der Waals surface area contributed by atoms with E-state index in [9.17, 15) is 13.2 Å². The van der Waals surface area contributed by atoms with Crippen molar-refractivity contribution in [3.63, 3.8) is 0 Å². The zero-order valence-electron chi connectivity index (χ0n) is 17.5. The predicted molar refractivity (Wildman–Crippen MR) is 121 cm³/mol. The first-order valence-corrected chi connectivity index (χ1v) is 12.8. The fourth-order valence-electron chi connectivity index (χ4n) is 3.23. The van der Waals surface area contributed by atoms with E-state index in [1.807, 2.05) is 0 Å². The van der Waals surface area contributed by atoms with Crippen molar-refractivity contribution in [2.45, 2.75) is 116 Å². The molecule has 0 rings (SSSR count). The second kappa shape index (κ2) is 22.1. The Labute approximate surface area is 196 Å². The van der Waals surface area contributed by atoms with Crippen LogP contribution in [0.2, 0.25) is 0 Å². The van der Waals surface area contributed by atoms with E-state index in [0.717, 1.165) is 12.8 Å². The topological polar surface area (TPSA) is 83.5 Å². The summed E-state index contributed by atoms with van der Waals surface area (Å²) in [6.07, 6.45) is 20.3. The summed E-state index contributed by atoms with van der Waals surface area (Å²) in [5.74, 6) is -0.327. The zero-order valence-corrected chi connectivity index (χ0v) is 18.3. The SMILES string of the molecule is CCCCCCCCCCCCCCCCCC(=O)NCCCS(=O)(=O)O.[NaH]. The maximum absolute atomic E-state index is 11.6. The first-order chi connectivity index (χ1) is 13.0. The van der Waals surface area contributed by atoms with Crippen LogP contribution in [0.15, 0.2) is 0 Å². The molecule has 0 atom stereocenters. The monoisotopic (exact) mass is 429 g/mol. The molecule has 7 heteroatoms. The van der Waals surface area contributed by atoms with Gasteiger partial charge < -0.3 is 5.32 Å². The van der Waals surface area contributed by atoms with Crippen molar-refractivity contribution in [2.24, 2.45) is 0 Å². The maximum atomic E-state index is 11.6. The van der Waals surface area contributed by atoms with Crippen LogP contribution < -0.4 is 5.32 Å². The third-order valence-electron chi connectivity index (χ3n) is 4.91. The van der Waals surface area contributed by atoms with E-state index in [1.165, 1.54) is 83.5 Å². The molecule has 0 spiro atoms. The molecule has 1 amide bonds. The standard InChI is InChI=1S/C21H43NO4S.Na.H/c1-2-3-4-5-6-7-8-9-10-11-12-13-14-15-16-18-21(23)22-19-17-20-27(24,25)26;;/h2-20H2,1H3,(H,22,23)(H,24,25,26);;. The molecule has 0 fully saturated rings. The molecule has 0 heterocycles. The molecule has 0 aliphatic carbocycles. The van der Waals surface area contributed by atoms with E-state index in [1.54, 1.807) is 0 Å². The molecule has 0 aliphatic rings. The summed E-state index contributed by atoms with van der Waals surface area (Å²) in [7, 11) is -3.92. The summed E-state index contributed by atoms with van der Waals surface area (Å²) in [5.41, 5.74) is 0. The van der Waals surface area contributed by atoms with Gasteiger partial charge in [0, 0.05) is 13.0 Å². The van der Waals surface area contributed by atoms with Crippen LogP contribution in [0.1, 0.15) is 116 Å². The molecule has 164 valence electrons.